The van der Waals surface area contributed by atoms with Gasteiger partial charge in [-0.05, 0) is 37.6 Å². The number of hydrogen-bond donors (Lipinski definition) is 1. The Morgan fingerprint density at radius 3 is 2.35 bits per heavy atom. The van der Waals surface area contributed by atoms with Crippen LogP contribution in [0.4, 0.5) is 5.69 Å². The smallest absolute Gasteiger partial charge is 0.0556 e. The number of rotatable bonds is 3. The molecule has 0 fully saturated rings. The van der Waals surface area contributed by atoms with Gasteiger partial charge in [0.15, 0.2) is 0 Å². The Morgan fingerprint density at radius 1 is 0.950 bits per heavy atom. The van der Waals surface area contributed by atoms with Gasteiger partial charge in [0.1, 0.15) is 0 Å². The quantitative estimate of drug-likeness (QED) is 0.741. The number of anilines is 1. The zero-order valence-corrected chi connectivity index (χ0v) is 12.3. The van der Waals surface area contributed by atoms with Crippen LogP contribution >= 0.6 is 0 Å². The number of nitrogens with zero attached hydrogens (tertiary/aromatic N) is 1. The van der Waals surface area contributed by atoms with Gasteiger partial charge in [0, 0.05) is 29.3 Å². The van der Waals surface area contributed by atoms with Crippen molar-refractivity contribution in [3.05, 3.63) is 65.4 Å². The van der Waals surface area contributed by atoms with Gasteiger partial charge in [-0.15, -0.1) is 0 Å². The summed E-state index contributed by atoms with van der Waals surface area (Å²) >= 11 is 0. The molecule has 0 radical (unpaired) electrons. The molecule has 20 heavy (non-hydrogen) atoms. The molecule has 0 unspecified atom stereocenters. The van der Waals surface area contributed by atoms with Gasteiger partial charge in [-0.3, -0.25) is 0 Å². The van der Waals surface area contributed by atoms with E-state index in [-0.39, 0.29) is 0 Å². The summed E-state index contributed by atoms with van der Waals surface area (Å²) in [6, 6.07) is 17.1. The maximum atomic E-state index is 3.51. The van der Waals surface area contributed by atoms with Crippen molar-refractivity contribution in [2.45, 2.75) is 20.4 Å². The zero-order valence-electron chi connectivity index (χ0n) is 12.3. The highest BCUT2D eigenvalue weighted by atomic mass is 15.0. The van der Waals surface area contributed by atoms with Crippen molar-refractivity contribution in [2.24, 2.45) is 7.05 Å². The summed E-state index contributed by atoms with van der Waals surface area (Å²) in [6.45, 7) is 5.16. The lowest BCUT2D eigenvalue weighted by Gasteiger charge is -2.09. The lowest BCUT2D eigenvalue weighted by Crippen LogP contribution is -2.05. The fourth-order valence-electron chi connectivity index (χ4n) is 2.74. The van der Waals surface area contributed by atoms with Crippen molar-refractivity contribution in [3.63, 3.8) is 0 Å². The van der Waals surface area contributed by atoms with Crippen LogP contribution in [0.2, 0.25) is 0 Å². The first-order valence-corrected chi connectivity index (χ1v) is 7.00. The summed E-state index contributed by atoms with van der Waals surface area (Å²) in [7, 11) is 2.14. The predicted molar refractivity (Wildman–Crippen MR) is 86.2 cm³/mol. The molecule has 0 spiro atoms. The third-order valence-electron chi connectivity index (χ3n) is 4.02. The molecule has 0 aliphatic rings. The van der Waals surface area contributed by atoms with E-state index in [0.29, 0.717) is 0 Å². The molecule has 3 rings (SSSR count). The Morgan fingerprint density at radius 2 is 1.65 bits per heavy atom. The van der Waals surface area contributed by atoms with Crippen molar-refractivity contribution in [2.75, 3.05) is 5.32 Å². The van der Waals surface area contributed by atoms with Gasteiger partial charge in [0.2, 0.25) is 0 Å². The normalized spacial score (nSPS) is 10.9. The van der Waals surface area contributed by atoms with Crippen LogP contribution in [0.5, 0.6) is 0 Å². The van der Waals surface area contributed by atoms with E-state index in [4.69, 9.17) is 0 Å². The lowest BCUT2D eigenvalue weighted by molar-refractivity contribution is 0.862. The summed E-state index contributed by atoms with van der Waals surface area (Å²) in [5.74, 6) is 0. The van der Waals surface area contributed by atoms with Gasteiger partial charge in [-0.2, -0.15) is 0 Å². The van der Waals surface area contributed by atoms with Crippen LogP contribution in [0.3, 0.4) is 0 Å². The summed E-state index contributed by atoms with van der Waals surface area (Å²) in [6.07, 6.45) is 0. The number of aromatic nitrogens is 1. The highest BCUT2D eigenvalue weighted by Gasteiger charge is 2.10. The predicted octanol–water partition coefficient (Wildman–Crippen LogP) is 4.41. The molecular formula is C18H20N2. The summed E-state index contributed by atoms with van der Waals surface area (Å²) in [4.78, 5) is 0. The maximum Gasteiger partial charge on any atom is 0.0556 e. The molecule has 0 atom stereocenters. The first-order chi connectivity index (χ1) is 9.66. The average molecular weight is 264 g/mol. The molecule has 2 heteroatoms. The lowest BCUT2D eigenvalue weighted by atomic mass is 10.1. The van der Waals surface area contributed by atoms with E-state index in [2.05, 4.69) is 79.3 Å². The molecule has 3 aromatic rings. The molecule has 0 bridgehead atoms. The summed E-state index contributed by atoms with van der Waals surface area (Å²) in [5.41, 5.74) is 6.46. The first-order valence-electron chi connectivity index (χ1n) is 7.00. The number of para-hydroxylation sites is 1. The molecule has 2 nitrogen and oxygen atoms in total. The Hall–Kier alpha value is -2.22. The van der Waals surface area contributed by atoms with E-state index in [9.17, 15) is 0 Å². The minimum Gasteiger partial charge on any atom is -0.379 e. The Bertz CT molecular complexity index is 697. The van der Waals surface area contributed by atoms with Crippen molar-refractivity contribution in [1.82, 2.24) is 4.57 Å². The van der Waals surface area contributed by atoms with Gasteiger partial charge in [0.05, 0.1) is 6.54 Å². The van der Waals surface area contributed by atoms with Gasteiger partial charge < -0.3 is 9.88 Å². The van der Waals surface area contributed by atoms with Crippen LogP contribution < -0.4 is 5.32 Å². The first kappa shape index (κ1) is 12.8. The Balaban J connectivity index is 1.89. The molecule has 1 aromatic heterocycles. The van der Waals surface area contributed by atoms with E-state index in [1.165, 1.54) is 33.4 Å². The van der Waals surface area contributed by atoms with Crippen LogP contribution in [0, 0.1) is 13.8 Å². The molecule has 1 heterocycles. The minimum atomic E-state index is 0.847. The monoisotopic (exact) mass is 264 g/mol. The highest BCUT2D eigenvalue weighted by molar-refractivity contribution is 5.85. The van der Waals surface area contributed by atoms with Crippen LogP contribution in [0.15, 0.2) is 48.5 Å². The number of fused-ring (bicyclic) bond motifs is 1. The molecule has 0 amide bonds. The molecule has 0 aliphatic carbocycles. The van der Waals surface area contributed by atoms with E-state index in [0.717, 1.165) is 6.54 Å². The summed E-state index contributed by atoms with van der Waals surface area (Å²) in [5, 5.41) is 4.85. The van der Waals surface area contributed by atoms with Crippen molar-refractivity contribution in [1.29, 1.82) is 0 Å². The van der Waals surface area contributed by atoms with Crippen molar-refractivity contribution >= 4 is 16.6 Å². The molecule has 0 saturated carbocycles. The number of benzene rings is 2. The largest absolute Gasteiger partial charge is 0.379 e. The number of hydrogen-bond acceptors (Lipinski definition) is 1. The van der Waals surface area contributed by atoms with Crippen LogP contribution in [-0.2, 0) is 13.6 Å². The molecule has 102 valence electrons. The van der Waals surface area contributed by atoms with Gasteiger partial charge >= 0.3 is 0 Å². The topological polar surface area (TPSA) is 17.0 Å². The van der Waals surface area contributed by atoms with Crippen LogP contribution in [0.1, 0.15) is 16.8 Å². The van der Waals surface area contributed by atoms with Gasteiger partial charge in [-0.1, -0.05) is 35.9 Å². The molecule has 0 saturated heterocycles. The van der Waals surface area contributed by atoms with Gasteiger partial charge in [0.25, 0.3) is 0 Å². The fourth-order valence-corrected chi connectivity index (χ4v) is 2.74. The second-order valence-electron chi connectivity index (χ2n) is 5.37. The molecule has 2 aromatic carbocycles. The standard InChI is InChI=1S/C18H20N2/c1-13-8-10-15(11-9-13)19-12-18-14(2)16-6-4-5-7-17(16)20(18)3/h4-11,19H,12H2,1-3H3. The molecule has 0 aliphatic heterocycles. The van der Waals surface area contributed by atoms with Crippen molar-refractivity contribution < 1.29 is 0 Å². The minimum absolute atomic E-state index is 0.847. The van der Waals surface area contributed by atoms with E-state index >= 15 is 0 Å². The number of nitrogens with one attached hydrogen (secondary N) is 1. The number of aryl methyl sites for hydroxylation is 3. The third-order valence-corrected chi connectivity index (χ3v) is 4.02. The van der Waals surface area contributed by atoms with E-state index in [1.54, 1.807) is 0 Å². The van der Waals surface area contributed by atoms with Crippen molar-refractivity contribution in [3.8, 4) is 0 Å². The molecule has 1 N–H and O–H groups in total. The van der Waals surface area contributed by atoms with E-state index < -0.39 is 0 Å². The molecular weight excluding hydrogens is 244 g/mol. The SMILES string of the molecule is Cc1ccc(NCc2c(C)c3ccccc3n2C)cc1. The second-order valence-corrected chi connectivity index (χ2v) is 5.37. The van der Waals surface area contributed by atoms with Gasteiger partial charge in [-0.25, -0.2) is 0 Å². The highest BCUT2D eigenvalue weighted by Crippen LogP contribution is 2.25. The second kappa shape index (κ2) is 5.04. The van der Waals surface area contributed by atoms with Crippen LogP contribution in [-0.4, -0.2) is 4.57 Å². The zero-order chi connectivity index (χ0) is 14.1. The third kappa shape index (κ3) is 2.18. The summed E-state index contributed by atoms with van der Waals surface area (Å²) < 4.78 is 2.28. The maximum absolute atomic E-state index is 3.51. The Kier molecular flexibility index (Phi) is 3.23. The van der Waals surface area contributed by atoms with E-state index in [1.807, 2.05) is 0 Å². The van der Waals surface area contributed by atoms with Crippen LogP contribution in [0.25, 0.3) is 10.9 Å². The fraction of sp³-hybridized carbons (Fsp3) is 0.222. The average Bonchev–Trinajstić information content (AvgIpc) is 2.71. The Labute approximate surface area is 120 Å².